The van der Waals surface area contributed by atoms with Crippen molar-refractivity contribution in [3.05, 3.63) is 0 Å². The number of alkyl halides is 1. The molecule has 0 aliphatic heterocycles. The van der Waals surface area contributed by atoms with Gasteiger partial charge in [-0.05, 0) is 18.8 Å². The molecule has 0 aromatic heterocycles. The SMILES string of the molecule is CC(C)CN(CC(Cl)C#N)C1CC1. The molecule has 0 aromatic carbocycles. The topological polar surface area (TPSA) is 27.0 Å². The summed E-state index contributed by atoms with van der Waals surface area (Å²) >= 11 is 5.81. The zero-order chi connectivity index (χ0) is 9.84. The van der Waals surface area contributed by atoms with E-state index in [0.717, 1.165) is 13.1 Å². The van der Waals surface area contributed by atoms with E-state index in [2.05, 4.69) is 24.8 Å². The summed E-state index contributed by atoms with van der Waals surface area (Å²) in [4.78, 5) is 2.35. The van der Waals surface area contributed by atoms with Gasteiger partial charge in [0.15, 0.2) is 0 Å². The number of nitriles is 1. The van der Waals surface area contributed by atoms with Gasteiger partial charge in [-0.15, -0.1) is 11.6 Å². The van der Waals surface area contributed by atoms with Gasteiger partial charge in [-0.2, -0.15) is 5.26 Å². The average molecular weight is 201 g/mol. The van der Waals surface area contributed by atoms with Gasteiger partial charge in [-0.25, -0.2) is 0 Å². The molecule has 2 nitrogen and oxygen atoms in total. The molecule has 74 valence electrons. The molecule has 0 heterocycles. The Bertz CT molecular complexity index is 194. The van der Waals surface area contributed by atoms with E-state index in [9.17, 15) is 0 Å². The highest BCUT2D eigenvalue weighted by Crippen LogP contribution is 2.27. The van der Waals surface area contributed by atoms with Crippen LogP contribution in [-0.2, 0) is 0 Å². The van der Waals surface area contributed by atoms with Crippen LogP contribution in [0.2, 0.25) is 0 Å². The number of hydrogen-bond acceptors (Lipinski definition) is 2. The van der Waals surface area contributed by atoms with Gasteiger partial charge in [0.25, 0.3) is 0 Å². The molecular formula is C10H17ClN2. The van der Waals surface area contributed by atoms with E-state index in [-0.39, 0.29) is 5.38 Å². The third-order valence-corrected chi connectivity index (χ3v) is 2.43. The first-order chi connectivity index (χ1) is 6.13. The van der Waals surface area contributed by atoms with Crippen molar-refractivity contribution >= 4 is 11.6 Å². The highest BCUT2D eigenvalue weighted by atomic mass is 35.5. The van der Waals surface area contributed by atoms with Crippen molar-refractivity contribution in [3.63, 3.8) is 0 Å². The highest BCUT2D eigenvalue weighted by molar-refractivity contribution is 6.22. The molecule has 0 N–H and O–H groups in total. The molecule has 0 bridgehead atoms. The Morgan fingerprint density at radius 1 is 1.46 bits per heavy atom. The van der Waals surface area contributed by atoms with Crippen molar-refractivity contribution in [2.45, 2.75) is 38.1 Å². The van der Waals surface area contributed by atoms with Gasteiger partial charge in [0.2, 0.25) is 0 Å². The Kier molecular flexibility index (Phi) is 4.02. The maximum absolute atomic E-state index is 8.61. The van der Waals surface area contributed by atoms with Crippen LogP contribution in [-0.4, -0.2) is 29.4 Å². The zero-order valence-electron chi connectivity index (χ0n) is 8.33. The minimum absolute atomic E-state index is 0.348. The van der Waals surface area contributed by atoms with Crippen LogP contribution in [0.1, 0.15) is 26.7 Å². The molecule has 1 rings (SSSR count). The van der Waals surface area contributed by atoms with E-state index in [1.54, 1.807) is 0 Å². The number of halogens is 1. The van der Waals surface area contributed by atoms with Gasteiger partial charge in [0.1, 0.15) is 5.38 Å². The molecular weight excluding hydrogens is 184 g/mol. The van der Waals surface area contributed by atoms with Crippen molar-refractivity contribution in [2.24, 2.45) is 5.92 Å². The van der Waals surface area contributed by atoms with Crippen molar-refractivity contribution in [1.82, 2.24) is 4.90 Å². The highest BCUT2D eigenvalue weighted by Gasteiger charge is 2.30. The lowest BCUT2D eigenvalue weighted by atomic mass is 10.2. The molecule has 1 aliphatic carbocycles. The zero-order valence-corrected chi connectivity index (χ0v) is 9.09. The van der Waals surface area contributed by atoms with E-state index in [1.165, 1.54) is 12.8 Å². The van der Waals surface area contributed by atoms with Gasteiger partial charge in [-0.3, -0.25) is 4.90 Å². The van der Waals surface area contributed by atoms with Crippen LogP contribution >= 0.6 is 11.6 Å². The summed E-state index contributed by atoms with van der Waals surface area (Å²) in [5.74, 6) is 0.656. The van der Waals surface area contributed by atoms with Gasteiger partial charge >= 0.3 is 0 Å². The van der Waals surface area contributed by atoms with Crippen LogP contribution in [0.15, 0.2) is 0 Å². The van der Waals surface area contributed by atoms with E-state index < -0.39 is 0 Å². The Balaban J connectivity index is 2.34. The Hall–Kier alpha value is -0.260. The Morgan fingerprint density at radius 3 is 2.46 bits per heavy atom. The van der Waals surface area contributed by atoms with Gasteiger partial charge in [-0.1, -0.05) is 13.8 Å². The predicted octanol–water partition coefficient (Wildman–Crippen LogP) is 2.24. The lowest BCUT2D eigenvalue weighted by Gasteiger charge is -2.24. The van der Waals surface area contributed by atoms with E-state index >= 15 is 0 Å². The molecule has 0 aromatic rings. The van der Waals surface area contributed by atoms with Gasteiger partial charge < -0.3 is 0 Å². The fourth-order valence-corrected chi connectivity index (χ4v) is 1.71. The van der Waals surface area contributed by atoms with Crippen LogP contribution in [0.5, 0.6) is 0 Å². The number of nitrogens with zero attached hydrogens (tertiary/aromatic N) is 2. The number of hydrogen-bond donors (Lipinski definition) is 0. The molecule has 1 atom stereocenters. The molecule has 1 fully saturated rings. The minimum atomic E-state index is -0.348. The molecule has 1 aliphatic rings. The van der Waals surface area contributed by atoms with E-state index in [4.69, 9.17) is 16.9 Å². The summed E-state index contributed by atoms with van der Waals surface area (Å²) in [7, 11) is 0. The van der Waals surface area contributed by atoms with Crippen LogP contribution in [0.25, 0.3) is 0 Å². The van der Waals surface area contributed by atoms with Crippen molar-refractivity contribution in [1.29, 1.82) is 5.26 Å². The van der Waals surface area contributed by atoms with Crippen LogP contribution in [0.3, 0.4) is 0 Å². The van der Waals surface area contributed by atoms with Crippen LogP contribution < -0.4 is 0 Å². The summed E-state index contributed by atoms with van der Waals surface area (Å²) in [5, 5.41) is 8.26. The predicted molar refractivity (Wildman–Crippen MR) is 54.7 cm³/mol. The second-order valence-corrected chi connectivity index (χ2v) is 4.70. The van der Waals surface area contributed by atoms with E-state index in [0.29, 0.717) is 12.0 Å². The lowest BCUT2D eigenvalue weighted by Crippen LogP contribution is -2.34. The van der Waals surface area contributed by atoms with Crippen molar-refractivity contribution in [3.8, 4) is 6.07 Å². The monoisotopic (exact) mass is 200 g/mol. The summed E-state index contributed by atoms with van der Waals surface area (Å²) < 4.78 is 0. The first-order valence-electron chi connectivity index (χ1n) is 4.91. The molecule has 3 heteroatoms. The summed E-state index contributed by atoms with van der Waals surface area (Å²) in [6, 6.07) is 2.78. The second-order valence-electron chi connectivity index (χ2n) is 4.18. The number of rotatable bonds is 5. The standard InChI is InChI=1S/C10H17ClN2/c1-8(2)6-13(10-3-4-10)7-9(11)5-12/h8-10H,3-4,6-7H2,1-2H3. The fourth-order valence-electron chi connectivity index (χ4n) is 1.53. The van der Waals surface area contributed by atoms with E-state index in [1.807, 2.05) is 0 Å². The minimum Gasteiger partial charge on any atom is -0.298 e. The van der Waals surface area contributed by atoms with Crippen LogP contribution in [0.4, 0.5) is 0 Å². The lowest BCUT2D eigenvalue weighted by molar-refractivity contribution is 0.241. The van der Waals surface area contributed by atoms with Gasteiger partial charge in [0, 0.05) is 19.1 Å². The quantitative estimate of drug-likeness (QED) is 0.637. The molecule has 0 amide bonds. The van der Waals surface area contributed by atoms with Gasteiger partial charge in [0.05, 0.1) is 6.07 Å². The maximum atomic E-state index is 8.61. The Labute approximate surface area is 85.5 Å². The molecule has 0 saturated heterocycles. The Morgan fingerprint density at radius 2 is 2.08 bits per heavy atom. The fraction of sp³-hybridized carbons (Fsp3) is 0.900. The molecule has 0 spiro atoms. The molecule has 1 saturated carbocycles. The maximum Gasteiger partial charge on any atom is 0.133 e. The normalized spacial score (nSPS) is 19.1. The molecule has 0 radical (unpaired) electrons. The average Bonchev–Trinajstić information content (AvgIpc) is 2.84. The summed E-state index contributed by atoms with van der Waals surface area (Å²) in [6.45, 7) is 6.19. The first kappa shape index (κ1) is 10.8. The summed E-state index contributed by atoms with van der Waals surface area (Å²) in [6.07, 6.45) is 2.56. The second kappa shape index (κ2) is 4.83. The summed E-state index contributed by atoms with van der Waals surface area (Å²) in [5.41, 5.74) is 0. The van der Waals surface area contributed by atoms with Crippen molar-refractivity contribution in [2.75, 3.05) is 13.1 Å². The van der Waals surface area contributed by atoms with Crippen molar-refractivity contribution < 1.29 is 0 Å². The molecule has 13 heavy (non-hydrogen) atoms. The van der Waals surface area contributed by atoms with Crippen LogP contribution in [0, 0.1) is 17.2 Å². The first-order valence-corrected chi connectivity index (χ1v) is 5.35. The largest absolute Gasteiger partial charge is 0.298 e. The molecule has 1 unspecified atom stereocenters. The smallest absolute Gasteiger partial charge is 0.133 e. The third-order valence-electron chi connectivity index (χ3n) is 2.20. The third kappa shape index (κ3) is 3.97.